The van der Waals surface area contributed by atoms with Gasteiger partial charge in [0.2, 0.25) is 0 Å². The van der Waals surface area contributed by atoms with Crippen LogP contribution >= 0.6 is 0 Å². The van der Waals surface area contributed by atoms with Crippen LogP contribution in [-0.4, -0.2) is 24.5 Å². The molecular formula is C22H32N2. The third kappa shape index (κ3) is 5.38. The average molecular weight is 325 g/mol. The Morgan fingerprint density at radius 1 is 0.833 bits per heavy atom. The molecule has 0 saturated carbocycles. The Hall–Kier alpha value is -1.80. The molecule has 0 aliphatic rings. The van der Waals surface area contributed by atoms with Crippen LogP contribution in [0.3, 0.4) is 0 Å². The number of hydrogen-bond donors (Lipinski definition) is 1. The van der Waals surface area contributed by atoms with E-state index in [0.29, 0.717) is 0 Å². The van der Waals surface area contributed by atoms with Crippen LogP contribution in [0.5, 0.6) is 0 Å². The maximum atomic E-state index is 3.56. The molecule has 24 heavy (non-hydrogen) atoms. The van der Waals surface area contributed by atoms with E-state index in [1.807, 2.05) is 0 Å². The summed E-state index contributed by atoms with van der Waals surface area (Å²) in [5.74, 6) is 0. The molecule has 2 rings (SSSR count). The van der Waals surface area contributed by atoms with Gasteiger partial charge in [-0.15, -0.1) is 0 Å². The van der Waals surface area contributed by atoms with Gasteiger partial charge in [0, 0.05) is 11.4 Å². The first-order valence-corrected chi connectivity index (χ1v) is 9.28. The molecule has 0 aliphatic carbocycles. The zero-order valence-corrected chi connectivity index (χ0v) is 15.7. The first-order chi connectivity index (χ1) is 11.6. The smallest absolute Gasteiger partial charge is 0.0414 e. The summed E-state index contributed by atoms with van der Waals surface area (Å²) in [7, 11) is 0. The number of unbranched alkanes of at least 4 members (excludes halogenated alkanes) is 1. The zero-order chi connectivity index (χ0) is 17.4. The van der Waals surface area contributed by atoms with Gasteiger partial charge in [-0.05, 0) is 81.6 Å². The van der Waals surface area contributed by atoms with E-state index in [4.69, 9.17) is 0 Å². The lowest BCUT2D eigenvalue weighted by molar-refractivity contribution is 0.297. The summed E-state index contributed by atoms with van der Waals surface area (Å²) in [5, 5.41) is 3.56. The molecule has 2 aromatic rings. The molecule has 0 aliphatic heterocycles. The van der Waals surface area contributed by atoms with Crippen molar-refractivity contribution < 1.29 is 0 Å². The third-order valence-electron chi connectivity index (χ3n) is 4.79. The van der Waals surface area contributed by atoms with Gasteiger partial charge in [0.25, 0.3) is 0 Å². The minimum Gasteiger partial charge on any atom is -0.355 e. The minimum absolute atomic E-state index is 1.16. The van der Waals surface area contributed by atoms with Gasteiger partial charge in [0.1, 0.15) is 0 Å². The molecule has 0 heterocycles. The molecule has 1 N–H and O–H groups in total. The highest BCUT2D eigenvalue weighted by Crippen LogP contribution is 2.24. The van der Waals surface area contributed by atoms with Crippen LogP contribution in [0.15, 0.2) is 42.5 Å². The van der Waals surface area contributed by atoms with Crippen molar-refractivity contribution in [1.29, 1.82) is 0 Å². The second-order valence-corrected chi connectivity index (χ2v) is 6.57. The highest BCUT2D eigenvalue weighted by atomic mass is 15.1. The van der Waals surface area contributed by atoms with Crippen molar-refractivity contribution in [3.8, 4) is 0 Å². The van der Waals surface area contributed by atoms with Crippen molar-refractivity contribution >= 4 is 11.4 Å². The van der Waals surface area contributed by atoms with E-state index in [2.05, 4.69) is 80.4 Å². The van der Waals surface area contributed by atoms with Gasteiger partial charge in [0.05, 0.1) is 0 Å². The maximum Gasteiger partial charge on any atom is 0.0414 e. The van der Waals surface area contributed by atoms with E-state index in [0.717, 1.165) is 13.1 Å². The van der Waals surface area contributed by atoms with Crippen LogP contribution < -0.4 is 5.32 Å². The molecule has 0 spiro atoms. The average Bonchev–Trinajstić information content (AvgIpc) is 2.59. The van der Waals surface area contributed by atoms with Gasteiger partial charge in [-0.25, -0.2) is 0 Å². The Bertz CT molecular complexity index is 630. The summed E-state index contributed by atoms with van der Waals surface area (Å²) >= 11 is 0. The summed E-state index contributed by atoms with van der Waals surface area (Å²) in [6.45, 7) is 12.4. The monoisotopic (exact) mass is 324 g/mol. The molecule has 2 aromatic carbocycles. The van der Waals surface area contributed by atoms with Crippen molar-refractivity contribution in [3.05, 3.63) is 59.2 Å². The number of aryl methyl sites for hydroxylation is 3. The topological polar surface area (TPSA) is 15.3 Å². The zero-order valence-electron chi connectivity index (χ0n) is 15.7. The van der Waals surface area contributed by atoms with Crippen molar-refractivity contribution in [2.24, 2.45) is 0 Å². The summed E-state index contributed by atoms with van der Waals surface area (Å²) in [4.78, 5) is 2.50. The Morgan fingerprint density at radius 3 is 2.21 bits per heavy atom. The van der Waals surface area contributed by atoms with Crippen molar-refractivity contribution in [2.75, 3.05) is 25.0 Å². The number of rotatable bonds is 9. The molecule has 2 nitrogen and oxygen atoms in total. The van der Waals surface area contributed by atoms with E-state index in [1.165, 1.54) is 53.9 Å². The van der Waals surface area contributed by atoms with E-state index in [-0.39, 0.29) is 0 Å². The standard InChI is InChI=1S/C22H32N2/c1-5-24(6-2)16-10-9-12-20-14-15-22(19(4)17-20)23-21-13-8-7-11-18(21)3/h7-8,11,13-15,17,23H,5-6,9-10,12,16H2,1-4H3. The summed E-state index contributed by atoms with van der Waals surface area (Å²) in [6, 6.07) is 15.3. The normalized spacial score (nSPS) is 11.0. The molecule has 0 unspecified atom stereocenters. The van der Waals surface area contributed by atoms with Crippen LogP contribution in [0.25, 0.3) is 0 Å². The van der Waals surface area contributed by atoms with Gasteiger partial charge in [-0.2, -0.15) is 0 Å². The number of hydrogen-bond acceptors (Lipinski definition) is 2. The van der Waals surface area contributed by atoms with Gasteiger partial charge in [-0.1, -0.05) is 44.2 Å². The Morgan fingerprint density at radius 2 is 1.54 bits per heavy atom. The number of nitrogens with one attached hydrogen (secondary N) is 1. The summed E-state index contributed by atoms with van der Waals surface area (Å²) in [6.07, 6.45) is 3.72. The lowest BCUT2D eigenvalue weighted by Gasteiger charge is -2.17. The molecule has 0 atom stereocenters. The second kappa shape index (κ2) is 9.48. The van der Waals surface area contributed by atoms with E-state index in [9.17, 15) is 0 Å². The quantitative estimate of drug-likeness (QED) is 0.594. The van der Waals surface area contributed by atoms with Crippen LogP contribution in [-0.2, 0) is 6.42 Å². The fourth-order valence-corrected chi connectivity index (χ4v) is 3.08. The second-order valence-electron chi connectivity index (χ2n) is 6.57. The Labute approximate surface area is 147 Å². The fourth-order valence-electron chi connectivity index (χ4n) is 3.08. The highest BCUT2D eigenvalue weighted by Gasteiger charge is 2.04. The third-order valence-corrected chi connectivity index (χ3v) is 4.79. The van der Waals surface area contributed by atoms with Gasteiger partial charge in [0.15, 0.2) is 0 Å². The molecule has 0 radical (unpaired) electrons. The van der Waals surface area contributed by atoms with Gasteiger partial charge < -0.3 is 10.2 Å². The first kappa shape index (κ1) is 18.5. The van der Waals surface area contributed by atoms with Crippen molar-refractivity contribution in [1.82, 2.24) is 4.90 Å². The van der Waals surface area contributed by atoms with Crippen LogP contribution in [0.1, 0.15) is 43.4 Å². The Balaban J connectivity index is 1.89. The predicted octanol–water partition coefficient (Wildman–Crippen LogP) is 5.71. The van der Waals surface area contributed by atoms with Crippen molar-refractivity contribution in [3.63, 3.8) is 0 Å². The lowest BCUT2D eigenvalue weighted by Crippen LogP contribution is -2.23. The number of para-hydroxylation sites is 1. The number of nitrogens with zero attached hydrogens (tertiary/aromatic N) is 1. The molecular weight excluding hydrogens is 292 g/mol. The molecule has 0 amide bonds. The van der Waals surface area contributed by atoms with Crippen molar-refractivity contribution in [2.45, 2.75) is 47.0 Å². The molecule has 0 aromatic heterocycles. The van der Waals surface area contributed by atoms with Crippen LogP contribution in [0, 0.1) is 13.8 Å². The Kier molecular flexibility index (Phi) is 7.33. The van der Waals surface area contributed by atoms with E-state index in [1.54, 1.807) is 0 Å². The first-order valence-electron chi connectivity index (χ1n) is 9.28. The van der Waals surface area contributed by atoms with Crippen LogP contribution in [0.2, 0.25) is 0 Å². The molecule has 130 valence electrons. The summed E-state index contributed by atoms with van der Waals surface area (Å²) in [5.41, 5.74) is 6.43. The van der Waals surface area contributed by atoms with E-state index < -0.39 is 0 Å². The highest BCUT2D eigenvalue weighted by molar-refractivity contribution is 5.65. The summed E-state index contributed by atoms with van der Waals surface area (Å²) < 4.78 is 0. The number of anilines is 2. The SMILES string of the molecule is CCN(CC)CCCCc1ccc(Nc2ccccc2C)c(C)c1. The predicted molar refractivity (Wildman–Crippen MR) is 106 cm³/mol. The molecule has 2 heteroatoms. The van der Waals surface area contributed by atoms with Gasteiger partial charge in [-0.3, -0.25) is 0 Å². The molecule has 0 fully saturated rings. The largest absolute Gasteiger partial charge is 0.355 e. The lowest BCUT2D eigenvalue weighted by atomic mass is 10.0. The minimum atomic E-state index is 1.16. The van der Waals surface area contributed by atoms with Gasteiger partial charge >= 0.3 is 0 Å². The maximum absolute atomic E-state index is 3.56. The van der Waals surface area contributed by atoms with E-state index >= 15 is 0 Å². The molecule has 0 saturated heterocycles. The number of benzene rings is 2. The fraction of sp³-hybridized carbons (Fsp3) is 0.455. The molecule has 0 bridgehead atoms. The van der Waals surface area contributed by atoms with Crippen LogP contribution in [0.4, 0.5) is 11.4 Å².